The van der Waals surface area contributed by atoms with Gasteiger partial charge < -0.3 is 33.3 Å². The van der Waals surface area contributed by atoms with E-state index in [0.717, 1.165) is 14.5 Å². The first-order valence-electron chi connectivity index (χ1n) is 25.4. The lowest BCUT2D eigenvalue weighted by Gasteiger charge is -2.43. The number of carbonyl (C=O) groups is 1. The van der Waals surface area contributed by atoms with Crippen molar-refractivity contribution in [2.75, 3.05) is 20.3 Å². The van der Waals surface area contributed by atoms with Crippen molar-refractivity contribution in [3.8, 4) is 5.75 Å². The summed E-state index contributed by atoms with van der Waals surface area (Å²) in [5, 5.41) is 2.83. The van der Waals surface area contributed by atoms with E-state index in [1.54, 1.807) is 56.3 Å². The highest BCUT2D eigenvalue weighted by atomic mass is 32.2. The van der Waals surface area contributed by atoms with Crippen LogP contribution >= 0.6 is 7.75 Å². The fourth-order valence-corrected chi connectivity index (χ4v) is 13.5. The van der Waals surface area contributed by atoms with Crippen molar-refractivity contribution >= 4 is 40.5 Å². The van der Waals surface area contributed by atoms with Crippen LogP contribution < -0.4 is 37.8 Å². The molecule has 2 unspecified atom stereocenters. The Hall–Kier alpha value is -4.54. The van der Waals surface area contributed by atoms with Gasteiger partial charge in [0.2, 0.25) is 0 Å². The minimum Gasteiger partial charge on any atom is -0.468 e. The highest BCUT2D eigenvalue weighted by Crippen LogP contribution is 2.52. The molecule has 0 saturated carbocycles. The quantitative estimate of drug-likeness (QED) is 0.0282. The van der Waals surface area contributed by atoms with Crippen molar-refractivity contribution in [1.82, 2.24) is 23.4 Å². The van der Waals surface area contributed by atoms with E-state index in [2.05, 4.69) is 25.9 Å². The van der Waals surface area contributed by atoms with E-state index in [1.807, 2.05) is 47.0 Å². The molecule has 0 bridgehead atoms. The van der Waals surface area contributed by atoms with Gasteiger partial charge in [0.15, 0.2) is 34.7 Å². The molecule has 2 aromatic heterocycles. The van der Waals surface area contributed by atoms with Crippen LogP contribution in [0.2, 0.25) is 36.3 Å². The monoisotopic (exact) mass is 1140 g/mol. The number of para-hydroxylation sites is 1. The summed E-state index contributed by atoms with van der Waals surface area (Å²) in [6, 6.07) is 7.20. The first-order valence-corrected chi connectivity index (χ1v) is 34.2. The third-order valence-electron chi connectivity index (χ3n) is 15.0. The van der Waals surface area contributed by atoms with Gasteiger partial charge in [-0.1, -0.05) is 78.7 Å². The van der Waals surface area contributed by atoms with Gasteiger partial charge >= 0.3 is 25.1 Å². The van der Waals surface area contributed by atoms with Crippen LogP contribution in [0, 0.1) is 13.8 Å². The van der Waals surface area contributed by atoms with E-state index in [1.165, 1.54) is 35.6 Å². The van der Waals surface area contributed by atoms with Gasteiger partial charge in [0.25, 0.3) is 21.2 Å². The number of methoxy groups -OCH3 is 1. The summed E-state index contributed by atoms with van der Waals surface area (Å²) < 4.78 is 93.9. The summed E-state index contributed by atoms with van der Waals surface area (Å²) in [5.74, 6) is -0.466. The molecule has 8 atom stereocenters. The zero-order chi connectivity index (χ0) is 56.6. The Balaban J connectivity index is 1.15. The fraction of sp³-hybridized carbons (Fsp3) is 0.620. The molecule has 3 aliphatic rings. The largest absolute Gasteiger partial charge is 0.468 e. The number of hydrogen-bond acceptors (Lipinski definition) is 17. The van der Waals surface area contributed by atoms with E-state index < -0.39 is 110 Å². The molecule has 1 fully saturated rings. The molecule has 422 valence electrons. The summed E-state index contributed by atoms with van der Waals surface area (Å²) in [7, 11) is -12.6. The van der Waals surface area contributed by atoms with Gasteiger partial charge in [-0.05, 0) is 88.1 Å². The lowest BCUT2D eigenvalue weighted by molar-refractivity contribution is -0.142. The lowest BCUT2D eigenvalue weighted by Crippen LogP contribution is -2.59. The molecule has 5 heterocycles. The van der Waals surface area contributed by atoms with E-state index in [4.69, 9.17) is 42.0 Å². The Bertz CT molecular complexity index is 3090. The molecule has 3 aromatic rings. The number of hydrogen-bond donors (Lipinski definition) is 2. The summed E-state index contributed by atoms with van der Waals surface area (Å²) in [6.45, 7) is 24.6. The minimum atomic E-state index is -4.33. The second kappa shape index (κ2) is 23.0. The molecular weight excluding hydrogens is 1060 g/mol. The van der Waals surface area contributed by atoms with Gasteiger partial charge in [-0.3, -0.25) is 37.2 Å². The van der Waals surface area contributed by atoms with Crippen LogP contribution in [0.4, 0.5) is 0 Å². The number of nitrogens with zero attached hydrogens (tertiary/aromatic N) is 4. The van der Waals surface area contributed by atoms with Crippen molar-refractivity contribution in [2.24, 2.45) is 5.73 Å². The summed E-state index contributed by atoms with van der Waals surface area (Å²) in [6.07, 6.45) is 2.38. The molecule has 1 aromatic carbocycles. The number of ether oxygens (including phenoxy) is 3. The van der Waals surface area contributed by atoms with Crippen LogP contribution in [0.25, 0.3) is 0 Å². The maximum atomic E-state index is 14.6. The van der Waals surface area contributed by atoms with Gasteiger partial charge in [-0.25, -0.2) is 18.3 Å². The maximum Gasteiger partial charge on any atom is 0.459 e. The van der Waals surface area contributed by atoms with Gasteiger partial charge in [0, 0.05) is 36.6 Å². The normalized spacial score (nSPS) is 23.9. The number of benzene rings is 1. The third-order valence-corrected chi connectivity index (χ3v) is 26.6. The van der Waals surface area contributed by atoms with Crippen LogP contribution in [0.1, 0.15) is 97.7 Å². The Kier molecular flexibility index (Phi) is 18.4. The standard InChI is InChI=1S/C50H77N6O16PSSi2/c1-33-28-55(40-25-24-37(68-40)30-66-73(62,52-35(3)45(59)65-10)70-36-22-18-17-19-23-36)46(60)53(42(33)57)26-20-15-16-21-27-54-43(58)34(2)29-56(47(54)61)44-41(71-76(13,14)49(7,8)9)50(38(51)32-74(63,64)72-50)39(69-44)31-67-75(11,12)48(4,5)6/h17-19,22-25,28-29,32,35,37,39-41,44H,15-16,20-21,26-27,30-31,51H2,1-14H3,(H,52,62)/t35?,37-,39-,40+,41+,44-,50-,73?/m1/s1. The SMILES string of the molecule is COC(=O)C(C)NP(=O)(OC[C@H]1C=C[C@@H](n2cc(C)c(=O)n(CCCCCCn3c(=O)c(C)cn([C@@H]4O[C@H](CO[Si](C)(C)C(C)(C)C)[C@@]5(OS(=O)(=O)C=C5N)[C@H]4O[Si](C)(C)C(C)(C)C)c3=O)c2=O)O1)Oc1ccccc1. The zero-order valence-electron chi connectivity index (χ0n) is 46.1. The van der Waals surface area contributed by atoms with Crippen LogP contribution in [-0.2, 0) is 64.3 Å². The molecule has 0 amide bonds. The molecule has 26 heteroatoms. The summed E-state index contributed by atoms with van der Waals surface area (Å²) in [5.41, 5.74) is 2.80. The minimum absolute atomic E-state index is 0.0113. The molecule has 1 saturated heterocycles. The highest BCUT2D eigenvalue weighted by molar-refractivity contribution is 7.90. The highest BCUT2D eigenvalue weighted by Gasteiger charge is 2.67. The fourth-order valence-electron chi connectivity index (χ4n) is 8.47. The molecule has 3 aliphatic heterocycles. The molecule has 0 aliphatic carbocycles. The van der Waals surface area contributed by atoms with E-state index >= 15 is 0 Å². The Morgan fingerprint density at radius 3 is 1.91 bits per heavy atom. The second-order valence-corrected chi connectivity index (χ2v) is 35.3. The summed E-state index contributed by atoms with van der Waals surface area (Å²) in [4.78, 5) is 67.8. The van der Waals surface area contributed by atoms with Crippen molar-refractivity contribution < 1.29 is 54.1 Å². The molecule has 3 N–H and O–H groups in total. The average molecular weight is 1140 g/mol. The average Bonchev–Trinajstić information content (AvgIpc) is 3.99. The molecule has 76 heavy (non-hydrogen) atoms. The third kappa shape index (κ3) is 13.1. The van der Waals surface area contributed by atoms with Gasteiger partial charge in [0.05, 0.1) is 31.4 Å². The van der Waals surface area contributed by atoms with Crippen LogP contribution in [0.5, 0.6) is 5.75 Å². The lowest BCUT2D eigenvalue weighted by atomic mass is 9.89. The van der Waals surface area contributed by atoms with Gasteiger partial charge in [-0.15, -0.1) is 0 Å². The number of nitrogens with one attached hydrogen (secondary N) is 1. The van der Waals surface area contributed by atoms with Crippen molar-refractivity contribution in [2.45, 2.75) is 180 Å². The number of aryl methyl sites for hydroxylation is 2. The van der Waals surface area contributed by atoms with Gasteiger partial charge in [0.1, 0.15) is 30.1 Å². The number of rotatable bonds is 22. The van der Waals surface area contributed by atoms with Crippen LogP contribution in [0.3, 0.4) is 0 Å². The Labute approximate surface area is 446 Å². The Morgan fingerprint density at radius 1 is 0.829 bits per heavy atom. The maximum absolute atomic E-state index is 14.6. The van der Waals surface area contributed by atoms with Crippen molar-refractivity contribution in [1.29, 1.82) is 0 Å². The predicted octanol–water partition coefficient (Wildman–Crippen LogP) is 6.23. The number of nitrogens with two attached hydrogens (primary N) is 1. The molecule has 22 nitrogen and oxygen atoms in total. The van der Waals surface area contributed by atoms with E-state index in [9.17, 15) is 37.0 Å². The first kappa shape index (κ1) is 60.7. The van der Waals surface area contributed by atoms with Crippen LogP contribution in [-0.4, -0.2) is 99.6 Å². The van der Waals surface area contributed by atoms with Crippen molar-refractivity contribution in [3.63, 3.8) is 0 Å². The number of aromatic nitrogens is 4. The topological polar surface area (TPSA) is 268 Å². The molecular formula is C50H77N6O16PSSi2. The second-order valence-electron chi connectivity index (χ2n) is 22.7. The van der Waals surface area contributed by atoms with E-state index in [0.29, 0.717) is 25.7 Å². The number of esters is 1. The molecule has 1 spiro atoms. The van der Waals surface area contributed by atoms with Crippen molar-refractivity contribution in [3.05, 3.63) is 119 Å². The number of unbranched alkanes of at least 4 members (excludes halogenated alkanes) is 3. The first-order chi connectivity index (χ1) is 35.2. The zero-order valence-corrected chi connectivity index (χ0v) is 49.9. The summed E-state index contributed by atoms with van der Waals surface area (Å²) >= 11 is 0. The smallest absolute Gasteiger partial charge is 0.459 e. The number of carbonyl (C=O) groups excluding carboxylic acids is 1. The molecule has 0 radical (unpaired) electrons. The predicted molar refractivity (Wildman–Crippen MR) is 290 cm³/mol. The molecule has 6 rings (SSSR count). The van der Waals surface area contributed by atoms with Crippen LogP contribution in [0.15, 0.2) is 85.2 Å². The van der Waals surface area contributed by atoms with E-state index in [-0.39, 0.29) is 53.9 Å². The van der Waals surface area contributed by atoms with Gasteiger partial charge in [-0.2, -0.15) is 13.5 Å². The Morgan fingerprint density at radius 2 is 1.38 bits per heavy atom.